The van der Waals surface area contributed by atoms with E-state index in [4.69, 9.17) is 4.74 Å². The van der Waals surface area contributed by atoms with Crippen LogP contribution >= 0.6 is 0 Å². The van der Waals surface area contributed by atoms with Crippen LogP contribution in [-0.2, 0) is 4.79 Å². The maximum absolute atomic E-state index is 12.5. The van der Waals surface area contributed by atoms with Crippen molar-refractivity contribution >= 4 is 5.91 Å². The van der Waals surface area contributed by atoms with Crippen molar-refractivity contribution in [3.63, 3.8) is 0 Å². The maximum atomic E-state index is 12.5. The highest BCUT2D eigenvalue weighted by Crippen LogP contribution is 2.30. The van der Waals surface area contributed by atoms with E-state index < -0.39 is 11.7 Å². The number of ether oxygens (including phenoxy) is 1. The fourth-order valence-corrected chi connectivity index (χ4v) is 2.93. The quantitative estimate of drug-likeness (QED) is 0.876. The molecule has 1 aromatic carbocycles. The molecule has 1 atom stereocenters. The highest BCUT2D eigenvalue weighted by atomic mass is 16.5. The molecular weight excluding hydrogens is 266 g/mol. The lowest BCUT2D eigenvalue weighted by molar-refractivity contribution is -0.140. The number of carbonyl (C=O) groups is 1. The molecule has 4 heteroatoms. The molecule has 1 aromatic rings. The number of para-hydroxylation sites is 1. The molecule has 0 spiro atoms. The predicted octanol–water partition coefficient (Wildman–Crippen LogP) is 2.61. The third-order valence-electron chi connectivity index (χ3n) is 4.11. The maximum Gasteiger partial charge on any atom is 0.263 e. The van der Waals surface area contributed by atoms with Gasteiger partial charge in [-0.2, -0.15) is 0 Å². The zero-order valence-corrected chi connectivity index (χ0v) is 12.9. The van der Waals surface area contributed by atoms with Crippen molar-refractivity contribution in [2.24, 2.45) is 0 Å². The highest BCUT2D eigenvalue weighted by Gasteiger charge is 2.35. The van der Waals surface area contributed by atoms with Crippen LogP contribution < -0.4 is 4.74 Å². The summed E-state index contributed by atoms with van der Waals surface area (Å²) >= 11 is 0. The molecule has 0 bridgehead atoms. The van der Waals surface area contributed by atoms with Gasteiger partial charge in [-0.15, -0.1) is 0 Å². The first-order valence-electron chi connectivity index (χ1n) is 7.73. The van der Waals surface area contributed by atoms with Gasteiger partial charge < -0.3 is 14.7 Å². The van der Waals surface area contributed by atoms with Crippen LogP contribution in [0.15, 0.2) is 30.3 Å². The molecular formula is C17H25NO3. The lowest BCUT2D eigenvalue weighted by Gasteiger charge is -2.30. The molecule has 4 nitrogen and oxygen atoms in total. The van der Waals surface area contributed by atoms with Gasteiger partial charge in [-0.05, 0) is 31.4 Å². The summed E-state index contributed by atoms with van der Waals surface area (Å²) in [6, 6.07) is 9.38. The Morgan fingerprint density at radius 3 is 2.52 bits per heavy atom. The Labute approximate surface area is 126 Å². The smallest absolute Gasteiger partial charge is 0.263 e. The van der Waals surface area contributed by atoms with Crippen LogP contribution in [0.4, 0.5) is 0 Å². The molecule has 2 rings (SSSR count). The highest BCUT2D eigenvalue weighted by molar-refractivity contribution is 5.81. The summed E-state index contributed by atoms with van der Waals surface area (Å²) in [5, 5.41) is 10.4. The van der Waals surface area contributed by atoms with E-state index in [0.29, 0.717) is 18.7 Å². The zero-order valence-electron chi connectivity index (χ0n) is 12.9. The summed E-state index contributed by atoms with van der Waals surface area (Å²) in [5.74, 6) is 0.632. The summed E-state index contributed by atoms with van der Waals surface area (Å²) in [6.07, 6.45) is 3.74. The van der Waals surface area contributed by atoms with Gasteiger partial charge in [-0.3, -0.25) is 4.79 Å². The van der Waals surface area contributed by atoms with E-state index in [2.05, 4.69) is 0 Å². The average molecular weight is 291 g/mol. The van der Waals surface area contributed by atoms with Crippen LogP contribution in [0.3, 0.4) is 0 Å². The van der Waals surface area contributed by atoms with E-state index in [1.165, 1.54) is 0 Å². The van der Waals surface area contributed by atoms with Gasteiger partial charge in [0.2, 0.25) is 0 Å². The van der Waals surface area contributed by atoms with Gasteiger partial charge in [0.05, 0.1) is 5.60 Å². The van der Waals surface area contributed by atoms with Gasteiger partial charge in [-0.1, -0.05) is 38.0 Å². The van der Waals surface area contributed by atoms with E-state index >= 15 is 0 Å². The van der Waals surface area contributed by atoms with Crippen LogP contribution in [0.25, 0.3) is 0 Å². The standard InChI is InChI=1S/C17H25NO3/c1-3-15(21-14-9-5-4-6-10-14)16(19)18(2)13-17(20)11-7-8-12-17/h4-6,9-10,15,20H,3,7-8,11-13H2,1-2H3. The fraction of sp³-hybridized carbons (Fsp3) is 0.588. The van der Waals surface area contributed by atoms with Gasteiger partial charge in [0.25, 0.3) is 5.91 Å². The van der Waals surface area contributed by atoms with Crippen molar-refractivity contribution < 1.29 is 14.6 Å². The number of benzene rings is 1. The number of likely N-dealkylation sites (N-methyl/N-ethyl adjacent to an activating group) is 1. The third kappa shape index (κ3) is 4.21. The monoisotopic (exact) mass is 291 g/mol. The zero-order chi connectivity index (χ0) is 15.3. The number of nitrogens with zero attached hydrogens (tertiary/aromatic N) is 1. The molecule has 116 valence electrons. The molecule has 1 unspecified atom stereocenters. The molecule has 0 saturated heterocycles. The summed E-state index contributed by atoms with van der Waals surface area (Å²) in [4.78, 5) is 14.1. The third-order valence-corrected chi connectivity index (χ3v) is 4.11. The Kier molecular flexibility index (Phi) is 5.23. The summed E-state index contributed by atoms with van der Waals surface area (Å²) < 4.78 is 5.77. The molecule has 0 aromatic heterocycles. The first-order chi connectivity index (χ1) is 10.0. The minimum Gasteiger partial charge on any atom is -0.481 e. The van der Waals surface area contributed by atoms with Crippen molar-refractivity contribution in [1.82, 2.24) is 4.90 Å². The van der Waals surface area contributed by atoms with E-state index in [1.807, 2.05) is 37.3 Å². The van der Waals surface area contributed by atoms with Gasteiger partial charge in [-0.25, -0.2) is 0 Å². The van der Waals surface area contributed by atoms with Crippen LogP contribution in [-0.4, -0.2) is 41.2 Å². The van der Waals surface area contributed by atoms with Gasteiger partial charge >= 0.3 is 0 Å². The number of hydrogen-bond donors (Lipinski definition) is 1. The molecule has 0 radical (unpaired) electrons. The van der Waals surface area contributed by atoms with Crippen molar-refractivity contribution in [1.29, 1.82) is 0 Å². The number of hydrogen-bond acceptors (Lipinski definition) is 3. The van der Waals surface area contributed by atoms with Crippen molar-refractivity contribution in [2.45, 2.75) is 50.7 Å². The fourth-order valence-electron chi connectivity index (χ4n) is 2.93. The molecule has 0 heterocycles. The summed E-state index contributed by atoms with van der Waals surface area (Å²) in [7, 11) is 1.75. The van der Waals surface area contributed by atoms with E-state index in [1.54, 1.807) is 11.9 Å². The topological polar surface area (TPSA) is 49.8 Å². The van der Waals surface area contributed by atoms with E-state index in [0.717, 1.165) is 25.7 Å². The SMILES string of the molecule is CCC(Oc1ccccc1)C(=O)N(C)CC1(O)CCCC1. The molecule has 0 aliphatic heterocycles. The molecule has 1 amide bonds. The second kappa shape index (κ2) is 6.94. The van der Waals surface area contributed by atoms with Crippen LogP contribution in [0.2, 0.25) is 0 Å². The predicted molar refractivity (Wildman–Crippen MR) is 82.2 cm³/mol. The van der Waals surface area contributed by atoms with Gasteiger partial charge in [0, 0.05) is 13.6 Å². The Morgan fingerprint density at radius 1 is 1.33 bits per heavy atom. The first-order valence-corrected chi connectivity index (χ1v) is 7.73. The molecule has 21 heavy (non-hydrogen) atoms. The molecule has 1 N–H and O–H groups in total. The van der Waals surface area contributed by atoms with Crippen molar-refractivity contribution in [2.75, 3.05) is 13.6 Å². The number of amides is 1. The second-order valence-corrected chi connectivity index (χ2v) is 5.95. The Morgan fingerprint density at radius 2 is 1.95 bits per heavy atom. The Hall–Kier alpha value is -1.55. The van der Waals surface area contributed by atoms with Crippen LogP contribution in [0, 0.1) is 0 Å². The number of carbonyl (C=O) groups excluding carboxylic acids is 1. The molecule has 1 aliphatic carbocycles. The minimum atomic E-state index is -0.713. The van der Waals surface area contributed by atoms with Crippen molar-refractivity contribution in [3.8, 4) is 5.75 Å². The lowest BCUT2D eigenvalue weighted by atomic mass is 10.0. The Balaban J connectivity index is 1.95. The lowest BCUT2D eigenvalue weighted by Crippen LogP contribution is -2.47. The first kappa shape index (κ1) is 15.8. The van der Waals surface area contributed by atoms with Crippen LogP contribution in [0.1, 0.15) is 39.0 Å². The second-order valence-electron chi connectivity index (χ2n) is 5.95. The summed E-state index contributed by atoms with van der Waals surface area (Å²) in [6.45, 7) is 2.32. The van der Waals surface area contributed by atoms with E-state index in [9.17, 15) is 9.90 Å². The van der Waals surface area contributed by atoms with Gasteiger partial charge in [0.15, 0.2) is 6.10 Å². The average Bonchev–Trinajstić information content (AvgIpc) is 2.91. The minimum absolute atomic E-state index is 0.0679. The number of rotatable bonds is 6. The molecule has 1 fully saturated rings. The normalized spacial score (nSPS) is 18.2. The van der Waals surface area contributed by atoms with Crippen molar-refractivity contribution in [3.05, 3.63) is 30.3 Å². The Bertz CT molecular complexity index is 454. The van der Waals surface area contributed by atoms with Gasteiger partial charge in [0.1, 0.15) is 5.75 Å². The molecule has 1 saturated carbocycles. The molecule has 1 aliphatic rings. The van der Waals surface area contributed by atoms with Crippen LogP contribution in [0.5, 0.6) is 5.75 Å². The van der Waals surface area contributed by atoms with E-state index in [-0.39, 0.29) is 5.91 Å². The largest absolute Gasteiger partial charge is 0.481 e. The summed E-state index contributed by atoms with van der Waals surface area (Å²) in [5.41, 5.74) is -0.713. The number of aliphatic hydroxyl groups is 1.